The molecule has 0 aromatic carbocycles. The summed E-state index contributed by atoms with van der Waals surface area (Å²) < 4.78 is 0. The van der Waals surface area contributed by atoms with Gasteiger partial charge in [-0.2, -0.15) is 0 Å². The molecule has 1 saturated heterocycles. The Hall–Kier alpha value is -4.85. The van der Waals surface area contributed by atoms with Gasteiger partial charge in [0.05, 0.1) is 32.3 Å². The van der Waals surface area contributed by atoms with Gasteiger partial charge in [0.25, 0.3) is 0 Å². The normalized spacial score (nSPS) is 16.7. The van der Waals surface area contributed by atoms with Crippen molar-refractivity contribution in [3.05, 3.63) is 0 Å². The monoisotopic (exact) mass is 797 g/mol. The van der Waals surface area contributed by atoms with Crippen LogP contribution in [0.4, 0.5) is 0 Å². The molecule has 0 spiro atoms. The summed E-state index contributed by atoms with van der Waals surface area (Å²) in [6.07, 6.45) is 1.19. The number of nitrogens with one attached hydrogen (secondary N) is 7. The Morgan fingerprint density at radius 2 is 1.18 bits per heavy atom. The summed E-state index contributed by atoms with van der Waals surface area (Å²) in [6.45, 7) is 11.9. The number of amides is 8. The van der Waals surface area contributed by atoms with E-state index in [1.54, 1.807) is 41.5 Å². The Kier molecular flexibility index (Phi) is 21.0. The molecule has 1 heterocycles. The number of nitrogens with zero attached hydrogens (tertiary/aromatic N) is 1. The van der Waals surface area contributed by atoms with Gasteiger partial charge < -0.3 is 58.1 Å². The van der Waals surface area contributed by atoms with Crippen molar-refractivity contribution in [1.29, 1.82) is 0 Å². The van der Waals surface area contributed by atoms with E-state index in [9.17, 15) is 53.4 Å². The summed E-state index contributed by atoms with van der Waals surface area (Å²) in [7, 11) is 0. The maximum Gasteiger partial charge on any atom is 0.326 e. The van der Waals surface area contributed by atoms with Crippen molar-refractivity contribution >= 4 is 53.2 Å². The van der Waals surface area contributed by atoms with Gasteiger partial charge in [-0.15, -0.1) is 0 Å². The predicted molar refractivity (Wildman–Crippen MR) is 203 cm³/mol. The molecule has 0 aromatic rings. The lowest BCUT2D eigenvalue weighted by molar-refractivity contribution is -0.142. The van der Waals surface area contributed by atoms with Gasteiger partial charge in [-0.1, -0.05) is 55.4 Å². The molecule has 20 nitrogen and oxygen atoms in total. The summed E-state index contributed by atoms with van der Waals surface area (Å²) in [6, 6.07) is -6.61. The smallest absolute Gasteiger partial charge is 0.326 e. The number of aliphatic hydroxyl groups excluding tert-OH is 1. The zero-order valence-corrected chi connectivity index (χ0v) is 33.7. The van der Waals surface area contributed by atoms with Crippen LogP contribution in [0, 0.1) is 23.7 Å². The standard InChI is InChI=1S/C36H63N9O11/c1-18(2)12-22(42-34(53)29(37)20(5)6)31(50)39-14-26(47)38-16-28(49)45-11-9-10-25(45)33(52)44-30(21(7)8)35(54)43-24(17-46)32(51)40-15-27(48)41-23(36(55)56)13-19(3)4/h18-25,29-30,46H,9-17,37H2,1-8H3,(H,38,47)(H,39,50)(H,40,51)(H,41,48)(H,42,53)(H,43,54)(H,44,52)(H,55,56). The molecule has 56 heavy (non-hydrogen) atoms. The molecule has 0 aromatic heterocycles. The molecule has 318 valence electrons. The van der Waals surface area contributed by atoms with E-state index in [1.807, 2.05) is 13.8 Å². The van der Waals surface area contributed by atoms with E-state index in [2.05, 4.69) is 37.2 Å². The molecule has 0 saturated carbocycles. The fourth-order valence-electron chi connectivity index (χ4n) is 5.71. The summed E-state index contributed by atoms with van der Waals surface area (Å²) in [4.78, 5) is 115. The highest BCUT2D eigenvalue weighted by atomic mass is 16.4. The van der Waals surface area contributed by atoms with E-state index >= 15 is 0 Å². The van der Waals surface area contributed by atoms with Crippen molar-refractivity contribution in [3.63, 3.8) is 0 Å². The lowest BCUT2D eigenvalue weighted by Gasteiger charge is -2.28. The molecule has 0 bridgehead atoms. The molecule has 0 radical (unpaired) electrons. The number of likely N-dealkylation sites (tertiary alicyclic amines) is 1. The van der Waals surface area contributed by atoms with E-state index in [1.165, 1.54) is 4.90 Å². The van der Waals surface area contributed by atoms with Gasteiger partial charge in [0.1, 0.15) is 30.2 Å². The van der Waals surface area contributed by atoms with Crippen molar-refractivity contribution in [3.8, 4) is 0 Å². The van der Waals surface area contributed by atoms with Crippen LogP contribution >= 0.6 is 0 Å². The topological polar surface area (TPSA) is 308 Å². The number of carboxylic acid groups (broad SMARTS) is 1. The van der Waals surface area contributed by atoms with E-state index < -0.39 is 122 Å². The van der Waals surface area contributed by atoms with E-state index in [0.717, 1.165) is 0 Å². The molecule has 8 amide bonds. The number of aliphatic carboxylic acids is 1. The molecule has 1 rings (SSSR count). The van der Waals surface area contributed by atoms with Crippen LogP contribution in [-0.4, -0.2) is 137 Å². The van der Waals surface area contributed by atoms with Crippen molar-refractivity contribution in [2.75, 3.05) is 32.8 Å². The summed E-state index contributed by atoms with van der Waals surface area (Å²) in [5, 5.41) is 36.2. The zero-order valence-electron chi connectivity index (χ0n) is 33.7. The number of carbonyl (C=O) groups excluding carboxylic acids is 8. The molecule has 6 atom stereocenters. The van der Waals surface area contributed by atoms with Crippen LogP contribution in [0.2, 0.25) is 0 Å². The lowest BCUT2D eigenvalue weighted by Crippen LogP contribution is -2.59. The molecule has 11 N–H and O–H groups in total. The second kappa shape index (κ2) is 23.9. The number of hydrogen-bond donors (Lipinski definition) is 10. The third kappa shape index (κ3) is 16.9. The number of rotatable bonds is 23. The maximum absolute atomic E-state index is 13.4. The van der Waals surface area contributed by atoms with Gasteiger partial charge in [-0.3, -0.25) is 38.4 Å². The minimum atomic E-state index is -1.51. The Morgan fingerprint density at radius 1 is 0.643 bits per heavy atom. The zero-order chi connectivity index (χ0) is 42.9. The lowest BCUT2D eigenvalue weighted by atomic mass is 10.0. The molecular formula is C36H63N9O11. The van der Waals surface area contributed by atoms with Crippen molar-refractivity contribution in [2.24, 2.45) is 29.4 Å². The quantitative estimate of drug-likeness (QED) is 0.0497. The highest BCUT2D eigenvalue weighted by molar-refractivity contribution is 5.96. The molecule has 6 unspecified atom stereocenters. The van der Waals surface area contributed by atoms with Crippen LogP contribution in [0.3, 0.4) is 0 Å². The largest absolute Gasteiger partial charge is 0.480 e. The van der Waals surface area contributed by atoms with Gasteiger partial charge in [0, 0.05) is 6.54 Å². The van der Waals surface area contributed by atoms with Crippen molar-refractivity contribution < 1.29 is 53.4 Å². The van der Waals surface area contributed by atoms with Crippen LogP contribution in [0.5, 0.6) is 0 Å². The second-order valence-electron chi connectivity index (χ2n) is 15.5. The minimum absolute atomic E-state index is 0.0286. The Bertz CT molecular complexity index is 1410. The molecular weight excluding hydrogens is 734 g/mol. The number of hydrogen-bond acceptors (Lipinski definition) is 11. The predicted octanol–water partition coefficient (Wildman–Crippen LogP) is -2.93. The van der Waals surface area contributed by atoms with Crippen molar-refractivity contribution in [2.45, 2.75) is 117 Å². The van der Waals surface area contributed by atoms with Crippen LogP contribution in [0.25, 0.3) is 0 Å². The highest BCUT2D eigenvalue weighted by Gasteiger charge is 2.37. The number of aliphatic hydroxyl groups is 1. The highest BCUT2D eigenvalue weighted by Crippen LogP contribution is 2.18. The Labute approximate surface area is 327 Å². The fourth-order valence-corrected chi connectivity index (χ4v) is 5.71. The Balaban J connectivity index is 2.77. The average Bonchev–Trinajstić information content (AvgIpc) is 3.61. The number of carboxylic acids is 1. The molecule has 1 fully saturated rings. The van der Waals surface area contributed by atoms with Gasteiger partial charge >= 0.3 is 5.97 Å². The number of carbonyl (C=O) groups is 9. The van der Waals surface area contributed by atoms with Gasteiger partial charge in [-0.25, -0.2) is 4.79 Å². The molecule has 0 aliphatic carbocycles. The second-order valence-corrected chi connectivity index (χ2v) is 15.5. The summed E-state index contributed by atoms with van der Waals surface area (Å²) in [5.41, 5.74) is 5.90. The first-order chi connectivity index (χ1) is 26.1. The van der Waals surface area contributed by atoms with Crippen LogP contribution in [0.15, 0.2) is 0 Å². The van der Waals surface area contributed by atoms with E-state index in [4.69, 9.17) is 5.73 Å². The van der Waals surface area contributed by atoms with Gasteiger partial charge in [0.15, 0.2) is 0 Å². The Morgan fingerprint density at radius 3 is 1.70 bits per heavy atom. The van der Waals surface area contributed by atoms with Crippen molar-refractivity contribution in [1.82, 2.24) is 42.1 Å². The number of nitrogens with two attached hydrogens (primary N) is 1. The first-order valence-corrected chi connectivity index (χ1v) is 19.0. The first-order valence-electron chi connectivity index (χ1n) is 19.0. The first kappa shape index (κ1) is 49.2. The van der Waals surface area contributed by atoms with Gasteiger partial charge in [0.2, 0.25) is 47.3 Å². The fraction of sp³-hybridized carbons (Fsp3) is 0.750. The van der Waals surface area contributed by atoms with Crippen LogP contribution < -0.4 is 43.0 Å². The summed E-state index contributed by atoms with van der Waals surface area (Å²) in [5.74, 6) is -7.44. The van der Waals surface area contributed by atoms with Gasteiger partial charge in [-0.05, 0) is 49.4 Å². The molecule has 1 aliphatic heterocycles. The van der Waals surface area contributed by atoms with E-state index in [-0.39, 0.29) is 37.1 Å². The maximum atomic E-state index is 13.4. The summed E-state index contributed by atoms with van der Waals surface area (Å²) >= 11 is 0. The third-order valence-corrected chi connectivity index (χ3v) is 8.92. The third-order valence-electron chi connectivity index (χ3n) is 8.92. The molecule has 1 aliphatic rings. The van der Waals surface area contributed by atoms with Crippen LogP contribution in [-0.2, 0) is 43.2 Å². The van der Waals surface area contributed by atoms with Crippen LogP contribution in [0.1, 0.15) is 81.1 Å². The SMILES string of the molecule is CC(C)CC(NC(=O)CNC(=O)C(CO)NC(=O)C(NC(=O)C1CCCN1C(=O)CNC(=O)CNC(=O)C(CC(C)C)NC(=O)C(N)C(C)C)C(C)C)C(=O)O. The molecule has 20 heteroatoms. The minimum Gasteiger partial charge on any atom is -0.480 e. The average molecular weight is 798 g/mol. The van der Waals surface area contributed by atoms with E-state index in [0.29, 0.717) is 12.8 Å².